The largest absolute Gasteiger partial charge is 0.489 e. The second kappa shape index (κ2) is 10.7. The summed E-state index contributed by atoms with van der Waals surface area (Å²) >= 11 is 0. The van der Waals surface area contributed by atoms with Crippen LogP contribution in [-0.4, -0.2) is 30.5 Å². The summed E-state index contributed by atoms with van der Waals surface area (Å²) < 4.78 is 33.2. The van der Waals surface area contributed by atoms with E-state index in [0.717, 1.165) is 16.7 Å². The van der Waals surface area contributed by atoms with Gasteiger partial charge in [-0.05, 0) is 53.8 Å². The number of carboxylic acid groups (broad SMARTS) is 1. The summed E-state index contributed by atoms with van der Waals surface area (Å²) in [5.74, 6) is -1.07. The number of nitrogens with one attached hydrogen (secondary N) is 1. The Balaban J connectivity index is 1.70. The standard InChI is InChI=1S/C25H26N2O7S/c1-16(2)24(25(28)29)26-35(32,33)22-13-9-19(10-14-22)18-7-11-21(12-8-18)34-15-20-5-4-6-23(17(20)3)27(30)31/h4-14,16,24,26H,15H2,1-3H3,(H,28,29)/t24-/m1/s1. The zero-order valence-electron chi connectivity index (χ0n) is 19.5. The van der Waals surface area contributed by atoms with Crippen molar-refractivity contribution in [1.82, 2.24) is 4.72 Å². The van der Waals surface area contributed by atoms with Gasteiger partial charge in [-0.1, -0.05) is 50.2 Å². The van der Waals surface area contributed by atoms with Crippen LogP contribution in [0.25, 0.3) is 11.1 Å². The highest BCUT2D eigenvalue weighted by Gasteiger charge is 2.28. The van der Waals surface area contributed by atoms with Gasteiger partial charge in [-0.3, -0.25) is 14.9 Å². The van der Waals surface area contributed by atoms with Crippen LogP contribution >= 0.6 is 0 Å². The van der Waals surface area contributed by atoms with Crippen molar-refractivity contribution in [3.05, 3.63) is 88.0 Å². The maximum absolute atomic E-state index is 12.6. The Morgan fingerprint density at radius 3 is 2.11 bits per heavy atom. The molecule has 3 aromatic carbocycles. The molecule has 0 spiro atoms. The molecular weight excluding hydrogens is 472 g/mol. The van der Waals surface area contributed by atoms with Gasteiger partial charge in [-0.25, -0.2) is 8.42 Å². The fourth-order valence-corrected chi connectivity index (χ4v) is 4.80. The van der Waals surface area contributed by atoms with Gasteiger partial charge in [-0.2, -0.15) is 4.72 Å². The van der Waals surface area contributed by atoms with Gasteiger partial charge in [0.05, 0.1) is 9.82 Å². The lowest BCUT2D eigenvalue weighted by Crippen LogP contribution is -2.44. The number of benzene rings is 3. The molecule has 0 fully saturated rings. The number of hydrogen-bond acceptors (Lipinski definition) is 6. The molecule has 35 heavy (non-hydrogen) atoms. The molecule has 0 aromatic heterocycles. The average molecular weight is 499 g/mol. The van der Waals surface area contributed by atoms with Crippen molar-refractivity contribution < 1.29 is 28.0 Å². The van der Waals surface area contributed by atoms with Gasteiger partial charge in [0.2, 0.25) is 10.0 Å². The van der Waals surface area contributed by atoms with E-state index in [-0.39, 0.29) is 17.2 Å². The van der Waals surface area contributed by atoms with E-state index in [1.807, 2.05) is 12.1 Å². The van der Waals surface area contributed by atoms with E-state index in [2.05, 4.69) is 4.72 Å². The molecule has 0 heterocycles. The zero-order valence-corrected chi connectivity index (χ0v) is 20.3. The molecule has 0 saturated carbocycles. The van der Waals surface area contributed by atoms with Crippen molar-refractivity contribution in [1.29, 1.82) is 0 Å². The topological polar surface area (TPSA) is 136 Å². The maximum atomic E-state index is 12.6. The zero-order chi connectivity index (χ0) is 25.8. The van der Waals surface area contributed by atoms with Crippen molar-refractivity contribution in [2.45, 2.75) is 38.3 Å². The fraction of sp³-hybridized carbons (Fsp3) is 0.240. The molecule has 3 rings (SSSR count). The van der Waals surface area contributed by atoms with E-state index < -0.39 is 32.9 Å². The van der Waals surface area contributed by atoms with Crippen molar-refractivity contribution in [2.75, 3.05) is 0 Å². The first kappa shape index (κ1) is 25.9. The van der Waals surface area contributed by atoms with Gasteiger partial charge in [0.1, 0.15) is 18.4 Å². The summed E-state index contributed by atoms with van der Waals surface area (Å²) in [6.45, 7) is 5.12. The van der Waals surface area contributed by atoms with E-state index in [4.69, 9.17) is 4.74 Å². The fourth-order valence-electron chi connectivity index (χ4n) is 3.46. The van der Waals surface area contributed by atoms with Crippen LogP contribution in [0.3, 0.4) is 0 Å². The normalized spacial score (nSPS) is 12.3. The van der Waals surface area contributed by atoms with Gasteiger partial charge in [0.25, 0.3) is 5.69 Å². The molecule has 0 aliphatic heterocycles. The smallest absolute Gasteiger partial charge is 0.322 e. The van der Waals surface area contributed by atoms with Crippen molar-refractivity contribution in [3.63, 3.8) is 0 Å². The van der Waals surface area contributed by atoms with E-state index in [9.17, 15) is 28.4 Å². The number of carbonyl (C=O) groups is 1. The molecule has 0 radical (unpaired) electrons. The molecule has 0 amide bonds. The quantitative estimate of drug-likeness (QED) is 0.309. The minimum Gasteiger partial charge on any atom is -0.489 e. The summed E-state index contributed by atoms with van der Waals surface area (Å²) in [5.41, 5.74) is 2.91. The van der Waals surface area contributed by atoms with Gasteiger partial charge in [0, 0.05) is 11.6 Å². The molecule has 3 aromatic rings. The SMILES string of the molecule is Cc1c(COc2ccc(-c3ccc(S(=O)(=O)N[C@@H](C(=O)O)C(C)C)cc3)cc2)cccc1[N+](=O)[O-]. The van der Waals surface area contributed by atoms with Crippen LogP contribution in [0.1, 0.15) is 25.0 Å². The lowest BCUT2D eigenvalue weighted by atomic mass is 10.1. The van der Waals surface area contributed by atoms with Crippen LogP contribution in [0.2, 0.25) is 0 Å². The summed E-state index contributed by atoms with van der Waals surface area (Å²) in [7, 11) is -3.99. The second-order valence-corrected chi connectivity index (χ2v) is 10.1. The highest BCUT2D eigenvalue weighted by atomic mass is 32.2. The Bertz CT molecular complexity index is 1320. The highest BCUT2D eigenvalue weighted by Crippen LogP contribution is 2.26. The Hall–Kier alpha value is -3.76. The number of nitro groups is 1. The third-order valence-electron chi connectivity index (χ3n) is 5.58. The molecule has 0 unspecified atom stereocenters. The lowest BCUT2D eigenvalue weighted by Gasteiger charge is -2.18. The molecule has 0 aliphatic rings. The number of rotatable bonds is 10. The number of aliphatic carboxylic acids is 1. The average Bonchev–Trinajstić information content (AvgIpc) is 2.82. The Kier molecular flexibility index (Phi) is 7.88. The first-order chi connectivity index (χ1) is 16.5. The number of nitro benzene ring substituents is 1. The Labute approximate surface area is 203 Å². The summed E-state index contributed by atoms with van der Waals surface area (Å²) in [5, 5.41) is 20.4. The molecule has 0 aliphatic carbocycles. The number of ether oxygens (including phenoxy) is 1. The van der Waals surface area contributed by atoms with E-state index in [1.165, 1.54) is 18.2 Å². The monoisotopic (exact) mass is 498 g/mol. The number of hydrogen-bond donors (Lipinski definition) is 2. The van der Waals surface area contributed by atoms with Crippen LogP contribution in [0.15, 0.2) is 71.6 Å². The molecule has 0 bridgehead atoms. The summed E-state index contributed by atoms with van der Waals surface area (Å²) in [4.78, 5) is 22.0. The van der Waals surface area contributed by atoms with Crippen molar-refractivity contribution >= 4 is 21.7 Å². The van der Waals surface area contributed by atoms with Gasteiger partial charge < -0.3 is 9.84 Å². The van der Waals surface area contributed by atoms with E-state index in [1.54, 1.807) is 57.2 Å². The van der Waals surface area contributed by atoms with Crippen LogP contribution in [0.5, 0.6) is 5.75 Å². The van der Waals surface area contributed by atoms with Crippen LogP contribution < -0.4 is 9.46 Å². The molecular formula is C25H26N2O7S. The second-order valence-electron chi connectivity index (χ2n) is 8.34. The van der Waals surface area contributed by atoms with Gasteiger partial charge in [0.15, 0.2) is 0 Å². The minimum absolute atomic E-state index is 0.0274. The van der Waals surface area contributed by atoms with Crippen LogP contribution in [0.4, 0.5) is 5.69 Å². The lowest BCUT2D eigenvalue weighted by molar-refractivity contribution is -0.385. The van der Waals surface area contributed by atoms with Crippen molar-refractivity contribution in [2.24, 2.45) is 5.92 Å². The molecule has 0 saturated heterocycles. The Morgan fingerprint density at radius 1 is 1.03 bits per heavy atom. The van der Waals surface area contributed by atoms with E-state index in [0.29, 0.717) is 11.3 Å². The first-order valence-corrected chi connectivity index (χ1v) is 12.3. The predicted molar refractivity (Wildman–Crippen MR) is 131 cm³/mol. The maximum Gasteiger partial charge on any atom is 0.322 e. The number of nitrogens with zero attached hydrogens (tertiary/aromatic N) is 1. The Morgan fingerprint density at radius 2 is 1.60 bits per heavy atom. The van der Waals surface area contributed by atoms with Gasteiger partial charge >= 0.3 is 5.97 Å². The predicted octanol–water partition coefficient (Wildman–Crippen LogP) is 4.54. The molecule has 9 nitrogen and oxygen atoms in total. The van der Waals surface area contributed by atoms with E-state index >= 15 is 0 Å². The molecule has 2 N–H and O–H groups in total. The third kappa shape index (κ3) is 6.23. The third-order valence-corrected chi connectivity index (χ3v) is 7.03. The highest BCUT2D eigenvalue weighted by molar-refractivity contribution is 7.89. The molecule has 1 atom stereocenters. The number of carboxylic acids is 1. The van der Waals surface area contributed by atoms with Crippen LogP contribution in [-0.2, 0) is 21.4 Å². The summed E-state index contributed by atoms with van der Waals surface area (Å²) in [6.07, 6.45) is 0. The molecule has 10 heteroatoms. The number of sulfonamides is 1. The molecule has 184 valence electrons. The minimum atomic E-state index is -3.99. The van der Waals surface area contributed by atoms with Crippen LogP contribution in [0, 0.1) is 23.0 Å². The van der Waals surface area contributed by atoms with Gasteiger partial charge in [-0.15, -0.1) is 0 Å². The summed E-state index contributed by atoms with van der Waals surface area (Å²) in [6, 6.07) is 16.9. The first-order valence-electron chi connectivity index (χ1n) is 10.8. The van der Waals surface area contributed by atoms with Crippen molar-refractivity contribution in [3.8, 4) is 16.9 Å².